The zero-order valence-electron chi connectivity index (χ0n) is 14.9. The van der Waals surface area contributed by atoms with Crippen molar-refractivity contribution in [3.63, 3.8) is 0 Å². The summed E-state index contributed by atoms with van der Waals surface area (Å²) in [7, 11) is 0. The highest BCUT2D eigenvalue weighted by atomic mass is 16.3. The predicted molar refractivity (Wildman–Crippen MR) is 115 cm³/mol. The largest absolute Gasteiger partial charge is 0.456 e. The van der Waals surface area contributed by atoms with Crippen LogP contribution in [-0.4, -0.2) is 9.38 Å². The van der Waals surface area contributed by atoms with E-state index in [9.17, 15) is 0 Å². The van der Waals surface area contributed by atoms with Crippen molar-refractivity contribution < 1.29 is 4.42 Å². The molecule has 0 amide bonds. The van der Waals surface area contributed by atoms with Gasteiger partial charge in [0.15, 0.2) is 0 Å². The Balaban J connectivity index is 1.90. The lowest BCUT2D eigenvalue weighted by Crippen LogP contribution is -1.91. The van der Waals surface area contributed by atoms with Crippen LogP contribution in [0.2, 0.25) is 0 Å². The van der Waals surface area contributed by atoms with Crippen LogP contribution in [0.25, 0.3) is 60.3 Å². The first-order valence-electron chi connectivity index (χ1n) is 9.42. The van der Waals surface area contributed by atoms with Crippen LogP contribution in [0.15, 0.2) is 89.3 Å². The lowest BCUT2D eigenvalue weighted by molar-refractivity contribution is 0.669. The van der Waals surface area contributed by atoms with Gasteiger partial charge in [-0.2, -0.15) is 0 Å². The number of pyridine rings is 1. The second-order valence-corrected chi connectivity index (χ2v) is 7.24. The molecule has 0 unspecified atom stereocenters. The van der Waals surface area contributed by atoms with E-state index in [1.807, 2.05) is 18.2 Å². The van der Waals surface area contributed by atoms with E-state index in [0.29, 0.717) is 0 Å². The van der Waals surface area contributed by atoms with Gasteiger partial charge < -0.3 is 4.42 Å². The zero-order chi connectivity index (χ0) is 18.2. The van der Waals surface area contributed by atoms with Gasteiger partial charge in [0.2, 0.25) is 0 Å². The van der Waals surface area contributed by atoms with Gasteiger partial charge in [-0.1, -0.05) is 48.5 Å². The molecule has 0 aliphatic heterocycles. The summed E-state index contributed by atoms with van der Waals surface area (Å²) in [6, 6.07) is 29.4. The van der Waals surface area contributed by atoms with Crippen molar-refractivity contribution >= 4 is 60.3 Å². The van der Waals surface area contributed by atoms with Crippen molar-refractivity contribution in [3.8, 4) is 0 Å². The predicted octanol–water partition coefficient (Wildman–Crippen LogP) is 6.69. The number of nitrogens with zero attached hydrogens (tertiary/aromatic N) is 2. The van der Waals surface area contributed by atoms with E-state index in [1.165, 1.54) is 16.2 Å². The first-order chi connectivity index (χ1) is 13.9. The van der Waals surface area contributed by atoms with Crippen molar-refractivity contribution in [2.24, 2.45) is 0 Å². The second kappa shape index (κ2) is 4.90. The number of imidazole rings is 1. The molecule has 0 radical (unpaired) electrons. The summed E-state index contributed by atoms with van der Waals surface area (Å²) in [5, 5.41) is 5.88. The van der Waals surface area contributed by atoms with Crippen LogP contribution < -0.4 is 0 Å². The molecule has 4 aromatic carbocycles. The van der Waals surface area contributed by atoms with Crippen LogP contribution in [0.5, 0.6) is 0 Å². The number of fused-ring (bicyclic) bond motifs is 12. The van der Waals surface area contributed by atoms with Crippen molar-refractivity contribution in [2.45, 2.75) is 0 Å². The van der Waals surface area contributed by atoms with Crippen molar-refractivity contribution in [2.75, 3.05) is 0 Å². The minimum absolute atomic E-state index is 0.916. The zero-order valence-corrected chi connectivity index (χ0v) is 14.9. The summed E-state index contributed by atoms with van der Waals surface area (Å²) in [5.41, 5.74) is 6.13. The van der Waals surface area contributed by atoms with Crippen LogP contribution in [0.4, 0.5) is 0 Å². The lowest BCUT2D eigenvalue weighted by Gasteiger charge is -2.09. The standard InChI is InChI=1S/C25H14N2O/c1-4-10-19-15(7-1)23-17(25-26-18-9-3-5-11-20(18)27(19)25)13-14-22-24(23)16-8-2-6-12-21(16)28-22/h1-14H. The molecule has 130 valence electrons. The molecule has 7 aromatic rings. The molecule has 0 fully saturated rings. The number of para-hydroxylation sites is 4. The number of aromatic nitrogens is 2. The molecule has 0 saturated carbocycles. The highest BCUT2D eigenvalue weighted by Gasteiger charge is 2.18. The van der Waals surface area contributed by atoms with Gasteiger partial charge in [0.05, 0.1) is 16.6 Å². The molecule has 28 heavy (non-hydrogen) atoms. The smallest absolute Gasteiger partial charge is 0.146 e. The summed E-state index contributed by atoms with van der Waals surface area (Å²) >= 11 is 0. The van der Waals surface area contributed by atoms with E-state index in [-0.39, 0.29) is 0 Å². The Kier molecular flexibility index (Phi) is 2.49. The molecule has 0 spiro atoms. The van der Waals surface area contributed by atoms with Crippen molar-refractivity contribution in [1.82, 2.24) is 9.38 Å². The van der Waals surface area contributed by atoms with E-state index in [4.69, 9.17) is 9.40 Å². The second-order valence-electron chi connectivity index (χ2n) is 7.24. The average Bonchev–Trinajstić information content (AvgIpc) is 3.32. The van der Waals surface area contributed by atoms with Crippen LogP contribution in [0, 0.1) is 0 Å². The van der Waals surface area contributed by atoms with Gasteiger partial charge in [0, 0.05) is 26.9 Å². The molecule has 0 aliphatic rings. The normalized spacial score (nSPS) is 12.3. The maximum atomic E-state index is 6.15. The van der Waals surface area contributed by atoms with Gasteiger partial charge >= 0.3 is 0 Å². The fourth-order valence-corrected chi connectivity index (χ4v) is 4.61. The van der Waals surface area contributed by atoms with Crippen LogP contribution in [-0.2, 0) is 0 Å². The quantitative estimate of drug-likeness (QED) is 0.283. The minimum atomic E-state index is 0.916. The van der Waals surface area contributed by atoms with Gasteiger partial charge in [0.1, 0.15) is 16.8 Å². The maximum Gasteiger partial charge on any atom is 0.146 e. The molecule has 0 N–H and O–H groups in total. The molecular weight excluding hydrogens is 344 g/mol. The summed E-state index contributed by atoms with van der Waals surface area (Å²) < 4.78 is 8.43. The Morgan fingerprint density at radius 3 is 2.25 bits per heavy atom. The summed E-state index contributed by atoms with van der Waals surface area (Å²) in [4.78, 5) is 5.00. The van der Waals surface area contributed by atoms with Crippen molar-refractivity contribution in [3.05, 3.63) is 84.9 Å². The Bertz CT molecular complexity index is 1720. The van der Waals surface area contributed by atoms with Gasteiger partial charge in [0.25, 0.3) is 0 Å². The average molecular weight is 358 g/mol. The first kappa shape index (κ1) is 14.2. The topological polar surface area (TPSA) is 30.4 Å². The Morgan fingerprint density at radius 2 is 1.32 bits per heavy atom. The molecule has 3 heterocycles. The van der Waals surface area contributed by atoms with Gasteiger partial charge in [-0.3, -0.25) is 4.40 Å². The fraction of sp³-hybridized carbons (Fsp3) is 0. The molecule has 0 saturated heterocycles. The highest BCUT2D eigenvalue weighted by Crippen LogP contribution is 2.40. The summed E-state index contributed by atoms with van der Waals surface area (Å²) in [6.07, 6.45) is 0. The third-order valence-corrected chi connectivity index (χ3v) is 5.76. The maximum absolute atomic E-state index is 6.15. The SMILES string of the molecule is c1ccc2c(c1)nc1c3ccc4oc5ccccc5c4c3c3ccccc3n21. The minimum Gasteiger partial charge on any atom is -0.456 e. The van der Waals surface area contributed by atoms with Gasteiger partial charge in [-0.05, 0) is 36.4 Å². The molecule has 3 nitrogen and oxygen atoms in total. The molecule has 0 atom stereocenters. The number of benzene rings is 4. The first-order valence-corrected chi connectivity index (χ1v) is 9.42. The van der Waals surface area contributed by atoms with Crippen molar-refractivity contribution in [1.29, 1.82) is 0 Å². The number of rotatable bonds is 0. The third-order valence-electron chi connectivity index (χ3n) is 5.76. The van der Waals surface area contributed by atoms with E-state index in [1.54, 1.807) is 0 Å². The molecule has 0 bridgehead atoms. The number of hydrogen-bond donors (Lipinski definition) is 0. The van der Waals surface area contributed by atoms with Gasteiger partial charge in [-0.25, -0.2) is 4.98 Å². The molecule has 3 heteroatoms. The Morgan fingerprint density at radius 1 is 0.571 bits per heavy atom. The van der Waals surface area contributed by atoms with E-state index in [2.05, 4.69) is 71.1 Å². The third kappa shape index (κ3) is 1.62. The van der Waals surface area contributed by atoms with Crippen LogP contribution in [0.3, 0.4) is 0 Å². The molecule has 3 aromatic heterocycles. The molecule has 7 rings (SSSR count). The van der Waals surface area contributed by atoms with E-state index >= 15 is 0 Å². The Labute approximate surface area is 159 Å². The van der Waals surface area contributed by atoms with E-state index in [0.717, 1.165) is 44.1 Å². The van der Waals surface area contributed by atoms with Crippen LogP contribution >= 0.6 is 0 Å². The Hall–Kier alpha value is -3.85. The number of hydrogen-bond acceptors (Lipinski definition) is 2. The monoisotopic (exact) mass is 358 g/mol. The highest BCUT2D eigenvalue weighted by molar-refractivity contribution is 6.29. The van der Waals surface area contributed by atoms with E-state index < -0.39 is 0 Å². The molecular formula is C25H14N2O. The van der Waals surface area contributed by atoms with Crippen LogP contribution in [0.1, 0.15) is 0 Å². The number of furan rings is 1. The summed E-state index contributed by atoms with van der Waals surface area (Å²) in [5.74, 6) is 0. The fourth-order valence-electron chi connectivity index (χ4n) is 4.61. The summed E-state index contributed by atoms with van der Waals surface area (Å²) in [6.45, 7) is 0. The lowest BCUT2D eigenvalue weighted by atomic mass is 10.00. The molecule has 0 aliphatic carbocycles. The van der Waals surface area contributed by atoms with Gasteiger partial charge in [-0.15, -0.1) is 0 Å².